The largest absolute Gasteiger partial charge is 0.328 e. The molecule has 0 saturated heterocycles. The fourth-order valence-electron chi connectivity index (χ4n) is 1.28. The van der Waals surface area contributed by atoms with E-state index in [1.807, 2.05) is 10.6 Å². The number of hydrogen-bond acceptors (Lipinski definition) is 5. The summed E-state index contributed by atoms with van der Waals surface area (Å²) in [4.78, 5) is 43.3. The SMILES string of the molecule is O=C(CCl)NC(=O)NC(=O)Cc1ccc([N+](=O)[O-])cc1. The number of alkyl halides is 1. The molecule has 0 aliphatic heterocycles. The van der Waals surface area contributed by atoms with Crippen LogP contribution in [-0.2, 0) is 16.0 Å². The van der Waals surface area contributed by atoms with Gasteiger partial charge in [-0.2, -0.15) is 0 Å². The van der Waals surface area contributed by atoms with Gasteiger partial charge in [-0.25, -0.2) is 4.79 Å². The fraction of sp³-hybridized carbons (Fsp3) is 0.182. The van der Waals surface area contributed by atoms with Crippen molar-refractivity contribution in [3.05, 3.63) is 39.9 Å². The molecule has 1 aromatic carbocycles. The van der Waals surface area contributed by atoms with Crippen molar-refractivity contribution in [3.63, 3.8) is 0 Å². The summed E-state index contributed by atoms with van der Waals surface area (Å²) in [5.74, 6) is -1.78. The van der Waals surface area contributed by atoms with E-state index in [4.69, 9.17) is 11.6 Å². The zero-order valence-electron chi connectivity index (χ0n) is 10.1. The Kier molecular flexibility index (Phi) is 5.60. The van der Waals surface area contributed by atoms with Crippen molar-refractivity contribution in [1.82, 2.24) is 10.6 Å². The van der Waals surface area contributed by atoms with Crippen LogP contribution in [0.25, 0.3) is 0 Å². The van der Waals surface area contributed by atoms with Crippen LogP contribution in [0.1, 0.15) is 5.56 Å². The smallest absolute Gasteiger partial charge is 0.277 e. The number of hydrogen-bond donors (Lipinski definition) is 2. The molecule has 0 unspecified atom stereocenters. The summed E-state index contributed by atoms with van der Waals surface area (Å²) in [6.07, 6.45) is -0.152. The Morgan fingerprint density at radius 3 is 2.15 bits per heavy atom. The molecule has 0 aliphatic rings. The number of nitro benzene ring substituents is 1. The first-order chi connectivity index (χ1) is 9.42. The highest BCUT2D eigenvalue weighted by atomic mass is 35.5. The third-order valence-corrected chi connectivity index (χ3v) is 2.38. The summed E-state index contributed by atoms with van der Waals surface area (Å²) in [5.41, 5.74) is 0.393. The first-order valence-corrected chi connectivity index (χ1v) is 5.88. The van der Waals surface area contributed by atoms with E-state index in [0.717, 1.165) is 0 Å². The van der Waals surface area contributed by atoms with Crippen LogP contribution in [0.15, 0.2) is 24.3 Å². The molecule has 106 valence electrons. The highest BCUT2D eigenvalue weighted by Gasteiger charge is 2.12. The summed E-state index contributed by atoms with van der Waals surface area (Å²) < 4.78 is 0. The molecule has 0 spiro atoms. The van der Waals surface area contributed by atoms with Crippen LogP contribution in [0, 0.1) is 10.1 Å². The average molecular weight is 300 g/mol. The summed E-state index contributed by atoms with van der Waals surface area (Å²) in [5, 5.41) is 14.2. The monoisotopic (exact) mass is 299 g/mol. The second kappa shape index (κ2) is 7.19. The van der Waals surface area contributed by atoms with Crippen molar-refractivity contribution in [2.75, 3.05) is 5.88 Å². The molecule has 1 rings (SSSR count). The van der Waals surface area contributed by atoms with Crippen LogP contribution in [0.3, 0.4) is 0 Å². The Morgan fingerprint density at radius 2 is 1.65 bits per heavy atom. The maximum absolute atomic E-state index is 11.5. The van der Waals surface area contributed by atoms with E-state index in [9.17, 15) is 24.5 Å². The van der Waals surface area contributed by atoms with Gasteiger partial charge in [0.15, 0.2) is 0 Å². The number of non-ortho nitro benzene ring substituents is 1. The zero-order valence-corrected chi connectivity index (χ0v) is 10.8. The topological polar surface area (TPSA) is 118 Å². The van der Waals surface area contributed by atoms with Crippen molar-refractivity contribution >= 4 is 35.1 Å². The highest BCUT2D eigenvalue weighted by Crippen LogP contribution is 2.12. The maximum Gasteiger partial charge on any atom is 0.328 e. The van der Waals surface area contributed by atoms with Crippen LogP contribution in [0.5, 0.6) is 0 Å². The maximum atomic E-state index is 11.5. The van der Waals surface area contributed by atoms with Gasteiger partial charge in [-0.1, -0.05) is 12.1 Å². The number of nitrogens with one attached hydrogen (secondary N) is 2. The number of carbonyl (C=O) groups excluding carboxylic acids is 3. The number of urea groups is 1. The third-order valence-electron chi connectivity index (χ3n) is 2.14. The third kappa shape index (κ3) is 5.02. The van der Waals surface area contributed by atoms with E-state index in [1.54, 1.807) is 0 Å². The fourth-order valence-corrected chi connectivity index (χ4v) is 1.35. The second-order valence-electron chi connectivity index (χ2n) is 3.66. The molecule has 8 nitrogen and oxygen atoms in total. The summed E-state index contributed by atoms with van der Waals surface area (Å²) in [6.45, 7) is 0. The molecule has 0 aromatic heterocycles. The van der Waals surface area contributed by atoms with Gasteiger partial charge in [0, 0.05) is 12.1 Å². The number of halogens is 1. The number of amides is 4. The van der Waals surface area contributed by atoms with Crippen molar-refractivity contribution in [2.45, 2.75) is 6.42 Å². The van der Waals surface area contributed by atoms with Gasteiger partial charge in [0.05, 0.1) is 11.3 Å². The standard InChI is InChI=1S/C11H10ClN3O5/c12-6-10(17)14-11(18)13-9(16)5-7-1-3-8(4-2-7)15(19)20/h1-4H,5-6H2,(H2,13,14,16,17,18). The molecule has 0 atom stereocenters. The molecule has 1 aromatic rings. The average Bonchev–Trinajstić information content (AvgIpc) is 2.38. The number of nitro groups is 1. The van der Waals surface area contributed by atoms with Crippen LogP contribution >= 0.6 is 11.6 Å². The number of rotatable bonds is 4. The van der Waals surface area contributed by atoms with Crippen molar-refractivity contribution in [3.8, 4) is 0 Å². The molecule has 0 radical (unpaired) electrons. The van der Waals surface area contributed by atoms with E-state index in [0.29, 0.717) is 5.56 Å². The summed E-state index contributed by atoms with van der Waals surface area (Å²) >= 11 is 5.17. The molecule has 0 aliphatic carbocycles. The van der Waals surface area contributed by atoms with E-state index < -0.39 is 28.6 Å². The normalized spacial score (nSPS) is 9.65. The van der Waals surface area contributed by atoms with Crippen LogP contribution in [0.4, 0.5) is 10.5 Å². The molecular weight excluding hydrogens is 290 g/mol. The van der Waals surface area contributed by atoms with Gasteiger partial charge in [-0.05, 0) is 5.56 Å². The first kappa shape index (κ1) is 15.6. The van der Waals surface area contributed by atoms with Crippen molar-refractivity contribution in [1.29, 1.82) is 0 Å². The Morgan fingerprint density at radius 1 is 1.10 bits per heavy atom. The lowest BCUT2D eigenvalue weighted by atomic mass is 10.1. The molecule has 0 fully saturated rings. The Balaban J connectivity index is 2.52. The summed E-state index contributed by atoms with van der Waals surface area (Å²) in [6, 6.07) is 4.33. The molecule has 9 heteroatoms. The molecule has 2 N–H and O–H groups in total. The van der Waals surface area contributed by atoms with Crippen molar-refractivity contribution in [2.24, 2.45) is 0 Å². The number of imide groups is 2. The molecular formula is C11H10ClN3O5. The molecule has 20 heavy (non-hydrogen) atoms. The van der Waals surface area contributed by atoms with E-state index in [2.05, 4.69) is 0 Å². The van der Waals surface area contributed by atoms with Crippen LogP contribution in [-0.4, -0.2) is 28.6 Å². The second-order valence-corrected chi connectivity index (χ2v) is 3.93. The van der Waals surface area contributed by atoms with Gasteiger partial charge >= 0.3 is 6.03 Å². The van der Waals surface area contributed by atoms with Gasteiger partial charge < -0.3 is 0 Å². The van der Waals surface area contributed by atoms with E-state index in [1.165, 1.54) is 24.3 Å². The highest BCUT2D eigenvalue weighted by molar-refractivity contribution is 6.28. The molecule has 0 bridgehead atoms. The Hall–Kier alpha value is -2.48. The predicted octanol–water partition coefficient (Wildman–Crippen LogP) is 0.728. The molecule has 0 heterocycles. The van der Waals surface area contributed by atoms with E-state index in [-0.39, 0.29) is 12.1 Å². The number of carbonyl (C=O) groups is 3. The Bertz CT molecular complexity index is 543. The van der Waals surface area contributed by atoms with Crippen LogP contribution < -0.4 is 10.6 Å². The lowest BCUT2D eigenvalue weighted by Crippen LogP contribution is -2.43. The number of nitrogens with zero attached hydrogens (tertiary/aromatic N) is 1. The quantitative estimate of drug-likeness (QED) is 0.482. The predicted molar refractivity (Wildman–Crippen MR) is 69.2 cm³/mol. The van der Waals surface area contributed by atoms with E-state index >= 15 is 0 Å². The first-order valence-electron chi connectivity index (χ1n) is 5.35. The van der Waals surface area contributed by atoms with Gasteiger partial charge in [0.25, 0.3) is 5.69 Å². The number of benzene rings is 1. The summed E-state index contributed by atoms with van der Waals surface area (Å²) in [7, 11) is 0. The van der Waals surface area contributed by atoms with Gasteiger partial charge in [-0.15, -0.1) is 11.6 Å². The van der Waals surface area contributed by atoms with Crippen LogP contribution in [0.2, 0.25) is 0 Å². The minimum Gasteiger partial charge on any atom is -0.277 e. The van der Waals surface area contributed by atoms with Gasteiger partial charge in [-0.3, -0.25) is 30.3 Å². The lowest BCUT2D eigenvalue weighted by Gasteiger charge is -2.04. The van der Waals surface area contributed by atoms with Crippen molar-refractivity contribution < 1.29 is 19.3 Å². The lowest BCUT2D eigenvalue weighted by molar-refractivity contribution is -0.384. The minimum atomic E-state index is -0.970. The zero-order chi connectivity index (χ0) is 15.1. The Labute approximate surface area is 118 Å². The van der Waals surface area contributed by atoms with Gasteiger partial charge in [0.2, 0.25) is 11.8 Å². The minimum absolute atomic E-state index is 0.0976. The van der Waals surface area contributed by atoms with Gasteiger partial charge in [0.1, 0.15) is 5.88 Å². The molecule has 0 saturated carbocycles. The molecule has 4 amide bonds.